The van der Waals surface area contributed by atoms with Gasteiger partial charge in [-0.25, -0.2) is 0 Å². The fraction of sp³-hybridized carbons (Fsp3) is 0.474. The average molecular weight is 409 g/mol. The van der Waals surface area contributed by atoms with E-state index in [4.69, 9.17) is 26.4 Å². The van der Waals surface area contributed by atoms with Crippen molar-refractivity contribution >= 4 is 40.3 Å². The number of likely N-dealkylation sites (N-methyl/N-ethyl adjacent to an activating group) is 1. The van der Waals surface area contributed by atoms with Gasteiger partial charge in [-0.3, -0.25) is 14.6 Å². The highest BCUT2D eigenvalue weighted by Gasteiger charge is 2.30. The molecule has 0 atom stereocenters. The van der Waals surface area contributed by atoms with E-state index in [9.17, 15) is 4.79 Å². The van der Waals surface area contributed by atoms with Gasteiger partial charge in [-0.15, -0.1) is 0 Å². The molecule has 2 saturated heterocycles. The van der Waals surface area contributed by atoms with E-state index in [1.807, 2.05) is 31.2 Å². The van der Waals surface area contributed by atoms with E-state index in [0.29, 0.717) is 33.9 Å². The van der Waals surface area contributed by atoms with Crippen LogP contribution in [-0.4, -0.2) is 73.1 Å². The Bertz CT molecular complexity index is 732. The van der Waals surface area contributed by atoms with Crippen LogP contribution in [0.25, 0.3) is 6.08 Å². The summed E-state index contributed by atoms with van der Waals surface area (Å²) in [6.45, 7) is 7.38. The highest BCUT2D eigenvalue weighted by molar-refractivity contribution is 8.26. The smallest absolute Gasteiger partial charge is 0.266 e. The van der Waals surface area contributed by atoms with Crippen LogP contribution in [0.5, 0.6) is 11.5 Å². The van der Waals surface area contributed by atoms with Crippen LogP contribution in [0.1, 0.15) is 12.5 Å². The van der Waals surface area contributed by atoms with Crippen LogP contribution in [0.4, 0.5) is 0 Å². The standard InChI is InChI=1S/C19H24N2O4S2/c1-3-21-18(22)17(27-19(21)26)13-14-4-5-15(16(12-14)23-2)25-11-8-20-6-9-24-10-7-20/h4-5,12-13H,3,6-11H2,1-2H3/b17-13-. The van der Waals surface area contributed by atoms with Crippen molar-refractivity contribution in [1.82, 2.24) is 9.80 Å². The lowest BCUT2D eigenvalue weighted by Crippen LogP contribution is -2.38. The second-order valence-corrected chi connectivity index (χ2v) is 7.81. The van der Waals surface area contributed by atoms with Crippen molar-refractivity contribution in [3.63, 3.8) is 0 Å². The number of morpholine rings is 1. The SMILES string of the molecule is CCN1C(=O)/C(=C/c2ccc(OCCN3CCOCC3)c(OC)c2)SC1=S. The summed E-state index contributed by atoms with van der Waals surface area (Å²) in [5.41, 5.74) is 0.879. The summed E-state index contributed by atoms with van der Waals surface area (Å²) in [5.74, 6) is 1.30. The van der Waals surface area contributed by atoms with Gasteiger partial charge in [0.25, 0.3) is 5.91 Å². The van der Waals surface area contributed by atoms with Crippen molar-refractivity contribution in [2.75, 3.05) is 53.1 Å². The number of hydrogen-bond donors (Lipinski definition) is 0. The van der Waals surface area contributed by atoms with Gasteiger partial charge < -0.3 is 14.2 Å². The van der Waals surface area contributed by atoms with Crippen molar-refractivity contribution in [2.45, 2.75) is 6.92 Å². The zero-order valence-electron chi connectivity index (χ0n) is 15.6. The average Bonchev–Trinajstić information content (AvgIpc) is 2.96. The van der Waals surface area contributed by atoms with E-state index >= 15 is 0 Å². The predicted octanol–water partition coefficient (Wildman–Crippen LogP) is 2.63. The molecule has 0 saturated carbocycles. The van der Waals surface area contributed by atoms with Crippen LogP contribution in [0.15, 0.2) is 23.1 Å². The first-order valence-electron chi connectivity index (χ1n) is 8.98. The molecule has 8 heteroatoms. The Kier molecular flexibility index (Phi) is 7.12. The van der Waals surface area contributed by atoms with Gasteiger partial charge in [0.15, 0.2) is 11.5 Å². The summed E-state index contributed by atoms with van der Waals surface area (Å²) >= 11 is 6.58. The molecular formula is C19H24N2O4S2. The van der Waals surface area contributed by atoms with Gasteiger partial charge in [-0.2, -0.15) is 0 Å². The van der Waals surface area contributed by atoms with Gasteiger partial charge in [0.1, 0.15) is 10.9 Å². The molecular weight excluding hydrogens is 384 g/mol. The lowest BCUT2D eigenvalue weighted by molar-refractivity contribution is -0.121. The molecule has 0 N–H and O–H groups in total. The molecule has 27 heavy (non-hydrogen) atoms. The molecule has 2 fully saturated rings. The zero-order valence-corrected chi connectivity index (χ0v) is 17.2. The van der Waals surface area contributed by atoms with Crippen molar-refractivity contribution in [2.24, 2.45) is 0 Å². The number of ether oxygens (including phenoxy) is 3. The van der Waals surface area contributed by atoms with E-state index in [1.54, 1.807) is 12.0 Å². The molecule has 0 unspecified atom stereocenters. The Morgan fingerprint density at radius 3 is 2.74 bits per heavy atom. The molecule has 146 valence electrons. The lowest BCUT2D eigenvalue weighted by Gasteiger charge is -2.26. The molecule has 0 bridgehead atoms. The fourth-order valence-electron chi connectivity index (χ4n) is 2.93. The molecule has 2 aliphatic rings. The Balaban J connectivity index is 1.64. The molecule has 0 aromatic heterocycles. The van der Waals surface area contributed by atoms with E-state index in [2.05, 4.69) is 4.90 Å². The zero-order chi connectivity index (χ0) is 19.2. The topological polar surface area (TPSA) is 51.2 Å². The van der Waals surface area contributed by atoms with Crippen molar-refractivity contribution in [1.29, 1.82) is 0 Å². The van der Waals surface area contributed by atoms with Crippen LogP contribution in [0, 0.1) is 0 Å². The van der Waals surface area contributed by atoms with Gasteiger partial charge in [0.2, 0.25) is 0 Å². The first kappa shape index (κ1) is 20.1. The minimum absolute atomic E-state index is 0.0442. The number of amides is 1. The summed E-state index contributed by atoms with van der Waals surface area (Å²) < 4.78 is 17.3. The largest absolute Gasteiger partial charge is 0.493 e. The summed E-state index contributed by atoms with van der Waals surface area (Å²) in [6.07, 6.45) is 1.84. The molecule has 1 aromatic carbocycles. The van der Waals surface area contributed by atoms with Crippen LogP contribution < -0.4 is 9.47 Å². The molecule has 1 amide bonds. The lowest BCUT2D eigenvalue weighted by atomic mass is 10.2. The normalized spacial score (nSPS) is 19.8. The van der Waals surface area contributed by atoms with E-state index in [1.165, 1.54) is 11.8 Å². The minimum atomic E-state index is -0.0442. The first-order valence-corrected chi connectivity index (χ1v) is 10.2. The fourth-order valence-corrected chi connectivity index (χ4v) is 4.31. The second kappa shape index (κ2) is 9.54. The van der Waals surface area contributed by atoms with E-state index in [0.717, 1.165) is 38.4 Å². The molecule has 0 aliphatic carbocycles. The third kappa shape index (κ3) is 5.01. The number of carbonyl (C=O) groups excluding carboxylic acids is 1. The molecule has 1 aromatic rings. The monoisotopic (exact) mass is 408 g/mol. The van der Waals surface area contributed by atoms with Gasteiger partial charge in [-0.1, -0.05) is 30.0 Å². The number of rotatable bonds is 7. The van der Waals surface area contributed by atoms with Crippen LogP contribution in [0.2, 0.25) is 0 Å². The van der Waals surface area contributed by atoms with E-state index in [-0.39, 0.29) is 5.91 Å². The number of methoxy groups -OCH3 is 1. The molecule has 6 nitrogen and oxygen atoms in total. The highest BCUT2D eigenvalue weighted by Crippen LogP contribution is 2.34. The van der Waals surface area contributed by atoms with Crippen LogP contribution >= 0.6 is 24.0 Å². The van der Waals surface area contributed by atoms with Crippen molar-refractivity contribution < 1.29 is 19.0 Å². The summed E-state index contributed by atoms with van der Waals surface area (Å²) in [6, 6.07) is 5.68. The summed E-state index contributed by atoms with van der Waals surface area (Å²) in [4.78, 5) is 16.9. The first-order chi connectivity index (χ1) is 13.1. The molecule has 2 aliphatic heterocycles. The highest BCUT2D eigenvalue weighted by atomic mass is 32.2. The van der Waals surface area contributed by atoms with E-state index < -0.39 is 0 Å². The Labute approximate surface area is 169 Å². The van der Waals surface area contributed by atoms with Crippen molar-refractivity contribution in [3.05, 3.63) is 28.7 Å². The Morgan fingerprint density at radius 1 is 1.30 bits per heavy atom. The third-order valence-corrected chi connectivity index (χ3v) is 5.82. The molecule has 0 spiro atoms. The van der Waals surface area contributed by atoms with Crippen LogP contribution in [0.3, 0.4) is 0 Å². The number of benzene rings is 1. The Hall–Kier alpha value is -1.61. The summed E-state index contributed by atoms with van der Waals surface area (Å²) in [5, 5.41) is 0. The van der Waals surface area contributed by atoms with Gasteiger partial charge >= 0.3 is 0 Å². The van der Waals surface area contributed by atoms with Gasteiger partial charge in [0.05, 0.1) is 25.2 Å². The molecule has 2 heterocycles. The third-order valence-electron chi connectivity index (χ3n) is 4.44. The molecule has 3 rings (SSSR count). The number of nitrogens with zero attached hydrogens (tertiary/aromatic N) is 2. The maximum absolute atomic E-state index is 12.3. The minimum Gasteiger partial charge on any atom is -0.493 e. The maximum Gasteiger partial charge on any atom is 0.266 e. The molecule has 0 radical (unpaired) electrons. The summed E-state index contributed by atoms with van der Waals surface area (Å²) in [7, 11) is 1.62. The number of thioether (sulfide) groups is 1. The van der Waals surface area contributed by atoms with Gasteiger partial charge in [0, 0.05) is 26.2 Å². The number of carbonyl (C=O) groups is 1. The quantitative estimate of drug-likeness (QED) is 0.508. The second-order valence-electron chi connectivity index (χ2n) is 6.14. The number of hydrogen-bond acceptors (Lipinski definition) is 7. The number of thiocarbonyl (C=S) groups is 1. The van der Waals surface area contributed by atoms with Gasteiger partial charge in [-0.05, 0) is 30.7 Å². The predicted molar refractivity (Wildman–Crippen MR) is 111 cm³/mol. The van der Waals surface area contributed by atoms with Crippen LogP contribution in [-0.2, 0) is 9.53 Å². The maximum atomic E-state index is 12.3. The van der Waals surface area contributed by atoms with Crippen molar-refractivity contribution in [3.8, 4) is 11.5 Å². The Morgan fingerprint density at radius 2 is 2.07 bits per heavy atom.